The Balaban J connectivity index is 1.86. The van der Waals surface area contributed by atoms with E-state index < -0.39 is 0 Å². The molecule has 0 fully saturated rings. The highest BCUT2D eigenvalue weighted by Crippen LogP contribution is 2.37. The molecular formula is C16H23N3O2. The number of methoxy groups -OCH3 is 2. The highest BCUT2D eigenvalue weighted by molar-refractivity contribution is 5.81. The van der Waals surface area contributed by atoms with Crippen molar-refractivity contribution in [2.45, 2.75) is 24.8 Å². The van der Waals surface area contributed by atoms with Crippen LogP contribution in [-0.4, -0.2) is 50.3 Å². The van der Waals surface area contributed by atoms with Gasteiger partial charge in [-0.15, -0.1) is 0 Å². The quantitative estimate of drug-likeness (QED) is 0.905. The lowest BCUT2D eigenvalue weighted by molar-refractivity contribution is 0.119. The van der Waals surface area contributed by atoms with E-state index >= 15 is 0 Å². The van der Waals surface area contributed by atoms with E-state index in [1.807, 2.05) is 6.07 Å². The normalized spacial score (nSPS) is 24.1. The molecule has 2 aliphatic rings. The summed E-state index contributed by atoms with van der Waals surface area (Å²) < 4.78 is 10.6. The summed E-state index contributed by atoms with van der Waals surface area (Å²) in [4.78, 5) is 6.73. The molecule has 3 rings (SSSR count). The molecule has 0 bridgehead atoms. The highest BCUT2D eigenvalue weighted by Gasteiger charge is 2.44. The third kappa shape index (κ3) is 2.46. The van der Waals surface area contributed by atoms with Crippen LogP contribution in [0, 0.1) is 0 Å². The molecule has 0 aromatic heterocycles. The predicted molar refractivity (Wildman–Crippen MR) is 82.8 cm³/mol. The van der Waals surface area contributed by atoms with E-state index in [-0.39, 0.29) is 5.54 Å². The fourth-order valence-electron chi connectivity index (χ4n) is 3.49. The van der Waals surface area contributed by atoms with Crippen LogP contribution in [0.3, 0.4) is 0 Å². The summed E-state index contributed by atoms with van der Waals surface area (Å²) >= 11 is 0. The molecule has 0 amide bonds. The molecule has 5 heteroatoms. The van der Waals surface area contributed by atoms with Crippen molar-refractivity contribution < 1.29 is 9.47 Å². The Kier molecular flexibility index (Phi) is 3.76. The molecule has 1 unspecified atom stereocenters. The fourth-order valence-corrected chi connectivity index (χ4v) is 3.49. The number of hydrogen-bond acceptors (Lipinski definition) is 5. The van der Waals surface area contributed by atoms with Crippen LogP contribution in [0.2, 0.25) is 0 Å². The summed E-state index contributed by atoms with van der Waals surface area (Å²) in [6.45, 7) is 2.24. The molecular weight excluding hydrogens is 266 g/mol. The van der Waals surface area contributed by atoms with Crippen LogP contribution in [0.25, 0.3) is 0 Å². The minimum atomic E-state index is 0.0159. The van der Waals surface area contributed by atoms with Gasteiger partial charge in [0.1, 0.15) is 5.75 Å². The molecule has 1 heterocycles. The van der Waals surface area contributed by atoms with Gasteiger partial charge in [0.25, 0.3) is 0 Å². The van der Waals surface area contributed by atoms with Crippen LogP contribution in [0.5, 0.6) is 5.75 Å². The van der Waals surface area contributed by atoms with Gasteiger partial charge < -0.3 is 20.1 Å². The summed E-state index contributed by atoms with van der Waals surface area (Å²) in [6.07, 6.45) is 3.11. The van der Waals surface area contributed by atoms with Gasteiger partial charge in [-0.1, -0.05) is 6.07 Å². The van der Waals surface area contributed by atoms with Crippen molar-refractivity contribution in [3.8, 4) is 5.75 Å². The number of nitrogens with zero attached hydrogens (tertiary/aromatic N) is 2. The van der Waals surface area contributed by atoms with Gasteiger partial charge in [-0.05, 0) is 42.5 Å². The topological polar surface area (TPSA) is 60.1 Å². The van der Waals surface area contributed by atoms with Gasteiger partial charge in [0.15, 0.2) is 5.96 Å². The van der Waals surface area contributed by atoms with Crippen molar-refractivity contribution in [3.05, 3.63) is 29.3 Å². The average molecular weight is 289 g/mol. The first-order valence-corrected chi connectivity index (χ1v) is 7.41. The summed E-state index contributed by atoms with van der Waals surface area (Å²) in [5, 5.41) is 0. The van der Waals surface area contributed by atoms with Crippen LogP contribution in [0.1, 0.15) is 17.5 Å². The lowest BCUT2D eigenvalue weighted by Crippen LogP contribution is -2.55. The summed E-state index contributed by atoms with van der Waals surface area (Å²) in [5.74, 6) is 1.57. The van der Waals surface area contributed by atoms with Gasteiger partial charge in [-0.2, -0.15) is 0 Å². The lowest BCUT2D eigenvalue weighted by atomic mass is 9.77. The third-order valence-corrected chi connectivity index (χ3v) is 4.70. The van der Waals surface area contributed by atoms with Crippen molar-refractivity contribution in [2.75, 3.05) is 33.9 Å². The highest BCUT2D eigenvalue weighted by atomic mass is 16.5. The van der Waals surface area contributed by atoms with Crippen molar-refractivity contribution in [3.63, 3.8) is 0 Å². The van der Waals surface area contributed by atoms with E-state index in [0.29, 0.717) is 12.6 Å². The summed E-state index contributed by atoms with van der Waals surface area (Å²) in [7, 11) is 3.43. The predicted octanol–water partition coefficient (Wildman–Crippen LogP) is 1.20. The van der Waals surface area contributed by atoms with Crippen LogP contribution in [0.4, 0.5) is 0 Å². The summed E-state index contributed by atoms with van der Waals surface area (Å²) in [6, 6.07) is 6.37. The molecule has 1 aliphatic heterocycles. The maximum Gasteiger partial charge on any atom is 0.191 e. The van der Waals surface area contributed by atoms with Crippen LogP contribution in [0.15, 0.2) is 23.2 Å². The monoisotopic (exact) mass is 289 g/mol. The average Bonchev–Trinajstić information content (AvgIpc) is 2.80. The van der Waals surface area contributed by atoms with Gasteiger partial charge in [-0.3, -0.25) is 4.99 Å². The minimum absolute atomic E-state index is 0.0159. The molecule has 0 saturated carbocycles. The van der Waals surface area contributed by atoms with Crippen molar-refractivity contribution >= 4 is 5.96 Å². The molecule has 0 saturated heterocycles. The Morgan fingerprint density at radius 1 is 1.33 bits per heavy atom. The van der Waals surface area contributed by atoms with Crippen LogP contribution < -0.4 is 10.5 Å². The number of hydrogen-bond donors (Lipinski definition) is 1. The maximum atomic E-state index is 6.10. The van der Waals surface area contributed by atoms with E-state index in [4.69, 9.17) is 15.2 Å². The Morgan fingerprint density at radius 3 is 2.95 bits per heavy atom. The van der Waals surface area contributed by atoms with Gasteiger partial charge in [-0.25, -0.2) is 0 Å². The smallest absolute Gasteiger partial charge is 0.191 e. The molecule has 1 atom stereocenters. The standard InChI is InChI=1S/C16H23N3O2/c1-20-8-7-19-15(17)18-11-16(19)6-5-12-3-4-14(21-2)9-13(12)10-16/h3-4,9H,5-8,10-11H2,1-2H3,(H2,17,18). The molecule has 0 radical (unpaired) electrons. The summed E-state index contributed by atoms with van der Waals surface area (Å²) in [5.41, 5.74) is 8.88. The molecule has 1 spiro atoms. The number of aliphatic imine (C=N–C) groups is 1. The SMILES string of the molecule is COCCN1C(N)=NCC12CCc1ccc(OC)cc1C2. The van der Waals surface area contributed by atoms with E-state index in [1.165, 1.54) is 11.1 Å². The van der Waals surface area contributed by atoms with Crippen LogP contribution in [-0.2, 0) is 17.6 Å². The lowest BCUT2D eigenvalue weighted by Gasteiger charge is -2.42. The number of aryl methyl sites for hydroxylation is 1. The van der Waals surface area contributed by atoms with Crippen molar-refractivity contribution in [1.82, 2.24) is 4.90 Å². The van der Waals surface area contributed by atoms with E-state index in [2.05, 4.69) is 22.0 Å². The molecule has 2 N–H and O–H groups in total. The number of nitrogens with two attached hydrogens (primary N) is 1. The second-order valence-corrected chi connectivity index (χ2v) is 5.85. The molecule has 1 aromatic carbocycles. The Bertz CT molecular complexity index is 558. The zero-order valence-electron chi connectivity index (χ0n) is 12.8. The first kappa shape index (κ1) is 14.2. The Labute approximate surface area is 125 Å². The molecule has 114 valence electrons. The Morgan fingerprint density at radius 2 is 2.19 bits per heavy atom. The van der Waals surface area contributed by atoms with E-state index in [1.54, 1.807) is 14.2 Å². The molecule has 1 aromatic rings. The maximum absolute atomic E-state index is 6.10. The molecule has 5 nitrogen and oxygen atoms in total. The molecule has 1 aliphatic carbocycles. The van der Waals surface area contributed by atoms with Gasteiger partial charge in [0.2, 0.25) is 0 Å². The number of rotatable bonds is 4. The number of guanidine groups is 1. The second kappa shape index (κ2) is 5.56. The number of fused-ring (bicyclic) bond motifs is 1. The minimum Gasteiger partial charge on any atom is -0.497 e. The zero-order chi connectivity index (χ0) is 14.9. The zero-order valence-corrected chi connectivity index (χ0v) is 12.8. The van der Waals surface area contributed by atoms with Gasteiger partial charge >= 0.3 is 0 Å². The number of benzene rings is 1. The molecule has 21 heavy (non-hydrogen) atoms. The van der Waals surface area contributed by atoms with Crippen molar-refractivity contribution in [2.24, 2.45) is 10.7 Å². The Hall–Kier alpha value is -1.75. The van der Waals surface area contributed by atoms with Crippen molar-refractivity contribution in [1.29, 1.82) is 0 Å². The van der Waals surface area contributed by atoms with Crippen LogP contribution >= 0.6 is 0 Å². The van der Waals surface area contributed by atoms with Gasteiger partial charge in [0.05, 0.1) is 25.8 Å². The first-order chi connectivity index (χ1) is 10.2. The van der Waals surface area contributed by atoms with E-state index in [9.17, 15) is 0 Å². The fraction of sp³-hybridized carbons (Fsp3) is 0.562. The second-order valence-electron chi connectivity index (χ2n) is 5.85. The number of ether oxygens (including phenoxy) is 2. The van der Waals surface area contributed by atoms with Gasteiger partial charge in [0, 0.05) is 13.7 Å². The van der Waals surface area contributed by atoms with E-state index in [0.717, 1.165) is 38.1 Å². The first-order valence-electron chi connectivity index (χ1n) is 7.41. The largest absolute Gasteiger partial charge is 0.497 e. The third-order valence-electron chi connectivity index (χ3n) is 4.70.